The van der Waals surface area contributed by atoms with Crippen LogP contribution >= 0.6 is 0 Å². The summed E-state index contributed by atoms with van der Waals surface area (Å²) < 4.78 is 43.2. The smallest absolute Gasteiger partial charge is 0.416 e. The number of carbonyl (C=O) groups is 1. The molecule has 1 unspecified atom stereocenters. The maximum atomic E-state index is 12.6. The predicted molar refractivity (Wildman–Crippen MR) is 100 cm³/mol. The number of alkyl halides is 3. The van der Waals surface area contributed by atoms with E-state index in [1.165, 1.54) is 12.1 Å². The average Bonchev–Trinajstić information content (AvgIpc) is 2.55. The number of amides is 1. The van der Waals surface area contributed by atoms with Crippen LogP contribution in [0.1, 0.15) is 52.7 Å². The highest BCUT2D eigenvalue weighted by atomic mass is 19.4. The molecule has 1 aromatic carbocycles. The number of nitrogens with zero attached hydrogens (tertiary/aromatic N) is 2. The van der Waals surface area contributed by atoms with E-state index in [1.54, 1.807) is 4.90 Å². The van der Waals surface area contributed by atoms with Crippen molar-refractivity contribution in [1.82, 2.24) is 9.80 Å². The van der Waals surface area contributed by atoms with Crippen LogP contribution in [0.2, 0.25) is 0 Å². The second-order valence-corrected chi connectivity index (χ2v) is 7.45. The Hall–Kier alpha value is -1.76. The van der Waals surface area contributed by atoms with Crippen LogP contribution in [-0.4, -0.2) is 47.2 Å². The van der Waals surface area contributed by atoms with Crippen LogP contribution in [0.5, 0.6) is 0 Å². The molecular weight excluding hydrogens is 357 g/mol. The van der Waals surface area contributed by atoms with E-state index in [0.717, 1.165) is 17.7 Å². The number of piperazine rings is 1. The highest BCUT2D eigenvalue weighted by Crippen LogP contribution is 2.29. The molecular formula is C20H31F3N2O2. The second-order valence-electron chi connectivity index (χ2n) is 7.45. The van der Waals surface area contributed by atoms with Crippen molar-refractivity contribution in [3.63, 3.8) is 0 Å². The Morgan fingerprint density at radius 3 is 2.11 bits per heavy atom. The molecule has 0 aliphatic carbocycles. The quantitative estimate of drug-likeness (QED) is 0.700. The minimum absolute atomic E-state index is 0.0157. The zero-order chi connectivity index (χ0) is 20.8. The highest BCUT2D eigenvalue weighted by molar-refractivity contribution is 5.68. The van der Waals surface area contributed by atoms with E-state index < -0.39 is 17.3 Å². The molecule has 0 bridgehead atoms. The molecule has 0 N–H and O–H groups in total. The van der Waals surface area contributed by atoms with Crippen LogP contribution in [0.25, 0.3) is 0 Å². The van der Waals surface area contributed by atoms with Gasteiger partial charge in [0.25, 0.3) is 0 Å². The van der Waals surface area contributed by atoms with Gasteiger partial charge in [-0.1, -0.05) is 26.0 Å². The lowest BCUT2D eigenvalue weighted by Crippen LogP contribution is -2.54. The fourth-order valence-electron chi connectivity index (χ4n) is 2.83. The molecule has 7 heteroatoms. The third kappa shape index (κ3) is 7.40. The van der Waals surface area contributed by atoms with Gasteiger partial charge >= 0.3 is 12.3 Å². The lowest BCUT2D eigenvalue weighted by Gasteiger charge is -2.40. The van der Waals surface area contributed by atoms with Crippen molar-refractivity contribution in [3.05, 3.63) is 35.4 Å². The summed E-state index contributed by atoms with van der Waals surface area (Å²) in [5, 5.41) is 0. The summed E-state index contributed by atoms with van der Waals surface area (Å²) in [6.45, 7) is 13.8. The van der Waals surface area contributed by atoms with Crippen LogP contribution < -0.4 is 0 Å². The van der Waals surface area contributed by atoms with E-state index in [2.05, 4.69) is 4.90 Å². The molecule has 1 aliphatic heterocycles. The van der Waals surface area contributed by atoms with Crippen LogP contribution in [0.3, 0.4) is 0 Å². The van der Waals surface area contributed by atoms with Gasteiger partial charge in [0.2, 0.25) is 0 Å². The van der Waals surface area contributed by atoms with Crippen molar-refractivity contribution >= 4 is 6.09 Å². The van der Waals surface area contributed by atoms with Gasteiger partial charge in [-0.25, -0.2) is 4.79 Å². The van der Waals surface area contributed by atoms with Crippen molar-refractivity contribution in [2.24, 2.45) is 0 Å². The molecule has 0 aromatic heterocycles. The van der Waals surface area contributed by atoms with Crippen molar-refractivity contribution in [2.45, 2.75) is 65.9 Å². The molecule has 1 heterocycles. The fraction of sp³-hybridized carbons (Fsp3) is 0.650. The molecule has 27 heavy (non-hydrogen) atoms. The molecule has 1 aromatic rings. The van der Waals surface area contributed by atoms with Crippen LogP contribution in [-0.2, 0) is 17.5 Å². The molecule has 2 rings (SSSR count). The number of rotatable bonds is 2. The number of halogens is 3. The van der Waals surface area contributed by atoms with Crippen molar-refractivity contribution < 1.29 is 22.7 Å². The summed E-state index contributed by atoms with van der Waals surface area (Å²) in [5.74, 6) is 0. The Morgan fingerprint density at radius 1 is 1.11 bits per heavy atom. The zero-order valence-corrected chi connectivity index (χ0v) is 17.1. The van der Waals surface area contributed by atoms with E-state index in [9.17, 15) is 18.0 Å². The number of hydrogen-bond donors (Lipinski definition) is 0. The van der Waals surface area contributed by atoms with Crippen LogP contribution in [0, 0.1) is 0 Å². The molecule has 1 amide bonds. The van der Waals surface area contributed by atoms with Gasteiger partial charge in [-0.2, -0.15) is 13.2 Å². The van der Waals surface area contributed by atoms with Gasteiger partial charge in [0.1, 0.15) is 5.60 Å². The topological polar surface area (TPSA) is 32.8 Å². The summed E-state index contributed by atoms with van der Waals surface area (Å²) in [5.41, 5.74) is -0.348. The number of ether oxygens (including phenoxy) is 1. The molecule has 1 saturated heterocycles. The Labute approximate surface area is 160 Å². The summed E-state index contributed by atoms with van der Waals surface area (Å²) >= 11 is 0. The maximum Gasteiger partial charge on any atom is 0.416 e. The van der Waals surface area contributed by atoms with Gasteiger partial charge in [0, 0.05) is 32.2 Å². The first-order valence-corrected chi connectivity index (χ1v) is 9.34. The van der Waals surface area contributed by atoms with Crippen LogP contribution in [0.4, 0.5) is 18.0 Å². The molecule has 1 fully saturated rings. The summed E-state index contributed by atoms with van der Waals surface area (Å²) in [6, 6.07) is 5.21. The van der Waals surface area contributed by atoms with Crippen molar-refractivity contribution in [3.8, 4) is 0 Å². The molecule has 0 saturated carbocycles. The van der Waals surface area contributed by atoms with Gasteiger partial charge in [0.05, 0.1) is 5.56 Å². The molecule has 0 spiro atoms. The number of hydrogen-bond acceptors (Lipinski definition) is 3. The number of benzene rings is 1. The summed E-state index contributed by atoms with van der Waals surface area (Å²) in [6.07, 6.45) is -4.64. The lowest BCUT2D eigenvalue weighted by atomic mass is 10.1. The Morgan fingerprint density at radius 2 is 1.67 bits per heavy atom. The van der Waals surface area contributed by atoms with Crippen LogP contribution in [0.15, 0.2) is 24.3 Å². The van der Waals surface area contributed by atoms with E-state index in [1.807, 2.05) is 41.5 Å². The van der Waals surface area contributed by atoms with Gasteiger partial charge in [-0.3, -0.25) is 4.90 Å². The van der Waals surface area contributed by atoms with Crippen molar-refractivity contribution in [1.29, 1.82) is 0 Å². The molecule has 1 atom stereocenters. The fourth-order valence-corrected chi connectivity index (χ4v) is 2.83. The third-order valence-electron chi connectivity index (χ3n) is 4.03. The largest absolute Gasteiger partial charge is 0.444 e. The monoisotopic (exact) mass is 388 g/mol. The Bertz CT molecular complexity index is 595. The predicted octanol–water partition coefficient (Wildman–Crippen LogP) is 5.17. The SMILES string of the molecule is CC.CC1CN(Cc2ccc(C(F)(F)F)cc2)CCN1C(=O)OC(C)(C)C. The van der Waals surface area contributed by atoms with E-state index in [-0.39, 0.29) is 12.1 Å². The lowest BCUT2D eigenvalue weighted by molar-refractivity contribution is -0.137. The Kier molecular flexibility index (Phi) is 8.14. The zero-order valence-electron chi connectivity index (χ0n) is 17.1. The Balaban J connectivity index is 0.00000176. The standard InChI is InChI=1S/C18H25F3N2O2.C2H6/c1-13-11-22(9-10-23(13)16(24)25-17(2,3)4)12-14-5-7-15(8-6-14)18(19,20)21;1-2/h5-8,13H,9-12H2,1-4H3;1-2H3. The van der Waals surface area contributed by atoms with Gasteiger partial charge in [0.15, 0.2) is 0 Å². The van der Waals surface area contributed by atoms with Crippen molar-refractivity contribution in [2.75, 3.05) is 19.6 Å². The molecule has 154 valence electrons. The minimum atomic E-state index is -4.31. The van der Waals surface area contributed by atoms with E-state index >= 15 is 0 Å². The first kappa shape index (κ1) is 23.3. The van der Waals surface area contributed by atoms with E-state index in [4.69, 9.17) is 4.74 Å². The first-order valence-electron chi connectivity index (χ1n) is 9.34. The first-order chi connectivity index (χ1) is 12.5. The average molecular weight is 388 g/mol. The van der Waals surface area contributed by atoms with Gasteiger partial charge in [-0.15, -0.1) is 0 Å². The molecule has 4 nitrogen and oxygen atoms in total. The van der Waals surface area contributed by atoms with Gasteiger partial charge < -0.3 is 9.64 Å². The highest BCUT2D eigenvalue weighted by Gasteiger charge is 2.32. The normalized spacial score (nSPS) is 18.6. The second kappa shape index (κ2) is 9.44. The number of carbonyl (C=O) groups excluding carboxylic acids is 1. The minimum Gasteiger partial charge on any atom is -0.444 e. The third-order valence-corrected chi connectivity index (χ3v) is 4.03. The van der Waals surface area contributed by atoms with Gasteiger partial charge in [-0.05, 0) is 45.4 Å². The molecule has 0 radical (unpaired) electrons. The summed E-state index contributed by atoms with van der Waals surface area (Å²) in [7, 11) is 0. The van der Waals surface area contributed by atoms with E-state index in [0.29, 0.717) is 26.2 Å². The maximum absolute atomic E-state index is 12.6. The summed E-state index contributed by atoms with van der Waals surface area (Å²) in [4.78, 5) is 16.0. The molecule has 1 aliphatic rings.